The minimum Gasteiger partial charge on any atom is -0.464 e. The maximum absolute atomic E-state index is 10.7. The SMILES string of the molecule is CC=C=CC(O)C(=O)OCC. The van der Waals surface area contributed by atoms with E-state index in [-0.39, 0.29) is 6.61 Å². The summed E-state index contributed by atoms with van der Waals surface area (Å²) in [5.74, 6) is -0.637. The first-order valence-corrected chi connectivity index (χ1v) is 3.44. The molecule has 0 aliphatic carbocycles. The van der Waals surface area contributed by atoms with Gasteiger partial charge in [-0.25, -0.2) is 4.79 Å². The lowest BCUT2D eigenvalue weighted by molar-refractivity contribution is -0.150. The number of ether oxygens (including phenoxy) is 1. The molecule has 0 fully saturated rings. The number of rotatable bonds is 3. The number of aliphatic hydroxyl groups excluding tert-OH is 1. The molecular weight excluding hydrogens is 144 g/mol. The van der Waals surface area contributed by atoms with Crippen LogP contribution >= 0.6 is 0 Å². The molecule has 62 valence electrons. The van der Waals surface area contributed by atoms with Crippen molar-refractivity contribution in [1.29, 1.82) is 0 Å². The zero-order chi connectivity index (χ0) is 8.69. The average molecular weight is 156 g/mol. The molecule has 1 N–H and O–H groups in total. The van der Waals surface area contributed by atoms with E-state index in [1.54, 1.807) is 19.9 Å². The third kappa shape index (κ3) is 4.37. The van der Waals surface area contributed by atoms with Crippen LogP contribution in [0.15, 0.2) is 17.9 Å². The maximum atomic E-state index is 10.7. The summed E-state index contributed by atoms with van der Waals surface area (Å²) in [6.45, 7) is 3.71. The summed E-state index contributed by atoms with van der Waals surface area (Å²) in [5, 5.41) is 8.97. The van der Waals surface area contributed by atoms with Gasteiger partial charge in [0, 0.05) is 0 Å². The molecule has 0 saturated carbocycles. The molecule has 3 heteroatoms. The van der Waals surface area contributed by atoms with Crippen LogP contribution in [0.25, 0.3) is 0 Å². The number of carbonyl (C=O) groups is 1. The summed E-state index contributed by atoms with van der Waals surface area (Å²) in [7, 11) is 0. The Morgan fingerprint density at radius 3 is 2.91 bits per heavy atom. The molecule has 0 spiro atoms. The molecule has 0 aromatic rings. The van der Waals surface area contributed by atoms with E-state index in [1.807, 2.05) is 0 Å². The highest BCUT2D eigenvalue weighted by Crippen LogP contribution is 1.89. The predicted octanol–water partition coefficient (Wildman–Crippen LogP) is 0.642. The second-order valence-electron chi connectivity index (χ2n) is 1.82. The van der Waals surface area contributed by atoms with Crippen LogP contribution in [0.2, 0.25) is 0 Å². The van der Waals surface area contributed by atoms with Gasteiger partial charge in [-0.2, -0.15) is 0 Å². The van der Waals surface area contributed by atoms with Gasteiger partial charge in [-0.1, -0.05) is 0 Å². The minimum atomic E-state index is -1.19. The monoisotopic (exact) mass is 156 g/mol. The van der Waals surface area contributed by atoms with Crippen molar-refractivity contribution in [2.45, 2.75) is 20.0 Å². The van der Waals surface area contributed by atoms with Crippen LogP contribution in [-0.4, -0.2) is 23.8 Å². The standard InChI is InChI=1S/C8H12O3/c1-3-5-6-7(9)8(10)11-4-2/h3,6-7,9H,4H2,1-2H3. The second kappa shape index (κ2) is 5.71. The Morgan fingerprint density at radius 2 is 2.45 bits per heavy atom. The number of esters is 1. The Hall–Kier alpha value is -1.05. The molecule has 0 saturated heterocycles. The van der Waals surface area contributed by atoms with Gasteiger partial charge in [0.05, 0.1) is 6.61 Å². The molecule has 0 aliphatic heterocycles. The summed E-state index contributed by atoms with van der Waals surface area (Å²) >= 11 is 0. The normalized spacial score (nSPS) is 11.2. The quantitative estimate of drug-likeness (QED) is 0.482. The second-order valence-corrected chi connectivity index (χ2v) is 1.82. The van der Waals surface area contributed by atoms with Gasteiger partial charge in [-0.15, -0.1) is 5.73 Å². The van der Waals surface area contributed by atoms with Crippen molar-refractivity contribution in [2.75, 3.05) is 6.61 Å². The summed E-state index contributed by atoms with van der Waals surface area (Å²) in [6, 6.07) is 0. The third-order valence-corrected chi connectivity index (χ3v) is 0.949. The first-order valence-electron chi connectivity index (χ1n) is 3.44. The molecule has 0 aromatic carbocycles. The van der Waals surface area contributed by atoms with Crippen molar-refractivity contribution in [3.63, 3.8) is 0 Å². The highest BCUT2D eigenvalue weighted by Gasteiger charge is 2.10. The van der Waals surface area contributed by atoms with Crippen LogP contribution in [0.5, 0.6) is 0 Å². The maximum Gasteiger partial charge on any atom is 0.339 e. The Kier molecular flexibility index (Phi) is 5.17. The van der Waals surface area contributed by atoms with Crippen molar-refractivity contribution >= 4 is 5.97 Å². The Bertz CT molecular complexity index is 178. The van der Waals surface area contributed by atoms with Gasteiger partial charge >= 0.3 is 5.97 Å². The lowest BCUT2D eigenvalue weighted by Crippen LogP contribution is -2.20. The van der Waals surface area contributed by atoms with Gasteiger partial charge < -0.3 is 9.84 Å². The Balaban J connectivity index is 3.92. The number of aliphatic hydroxyl groups is 1. The van der Waals surface area contributed by atoms with Crippen LogP contribution in [0.4, 0.5) is 0 Å². The molecule has 0 bridgehead atoms. The third-order valence-electron chi connectivity index (χ3n) is 0.949. The van der Waals surface area contributed by atoms with E-state index in [0.29, 0.717) is 0 Å². The molecule has 0 amide bonds. The van der Waals surface area contributed by atoms with Crippen molar-refractivity contribution in [1.82, 2.24) is 0 Å². The van der Waals surface area contributed by atoms with Crippen molar-refractivity contribution in [3.05, 3.63) is 17.9 Å². The highest BCUT2D eigenvalue weighted by molar-refractivity contribution is 5.76. The van der Waals surface area contributed by atoms with Crippen LogP contribution < -0.4 is 0 Å². The van der Waals surface area contributed by atoms with E-state index < -0.39 is 12.1 Å². The fourth-order valence-corrected chi connectivity index (χ4v) is 0.483. The number of carbonyl (C=O) groups excluding carboxylic acids is 1. The summed E-state index contributed by atoms with van der Waals surface area (Å²) in [4.78, 5) is 10.7. The van der Waals surface area contributed by atoms with E-state index in [9.17, 15) is 4.79 Å². The van der Waals surface area contributed by atoms with Crippen LogP contribution in [0.3, 0.4) is 0 Å². The van der Waals surface area contributed by atoms with Crippen molar-refractivity contribution in [2.24, 2.45) is 0 Å². The molecule has 0 aliphatic rings. The number of hydrogen-bond acceptors (Lipinski definition) is 3. The molecule has 0 aromatic heterocycles. The summed E-state index contributed by atoms with van der Waals surface area (Å²) in [6.07, 6.45) is 1.66. The zero-order valence-corrected chi connectivity index (χ0v) is 6.70. The van der Waals surface area contributed by atoms with E-state index >= 15 is 0 Å². The van der Waals surface area contributed by atoms with E-state index in [0.717, 1.165) is 0 Å². The molecule has 0 rings (SSSR count). The summed E-state index contributed by atoms with van der Waals surface area (Å²) in [5.41, 5.74) is 2.59. The smallest absolute Gasteiger partial charge is 0.339 e. The van der Waals surface area contributed by atoms with Gasteiger partial charge in [-0.3, -0.25) is 0 Å². The molecule has 11 heavy (non-hydrogen) atoms. The topological polar surface area (TPSA) is 46.5 Å². The van der Waals surface area contributed by atoms with E-state index in [4.69, 9.17) is 5.11 Å². The molecule has 0 radical (unpaired) electrons. The molecule has 0 heterocycles. The van der Waals surface area contributed by atoms with E-state index in [2.05, 4.69) is 10.5 Å². The van der Waals surface area contributed by atoms with Gasteiger partial charge in [0.25, 0.3) is 0 Å². The van der Waals surface area contributed by atoms with Gasteiger partial charge in [-0.05, 0) is 26.0 Å². The highest BCUT2D eigenvalue weighted by atomic mass is 16.5. The average Bonchev–Trinajstić information content (AvgIpc) is 2.00. The fourth-order valence-electron chi connectivity index (χ4n) is 0.483. The first-order chi connectivity index (χ1) is 5.22. The minimum absolute atomic E-state index is 0.277. The van der Waals surface area contributed by atoms with Gasteiger partial charge in [0.1, 0.15) is 0 Å². The van der Waals surface area contributed by atoms with Gasteiger partial charge in [0.2, 0.25) is 0 Å². The zero-order valence-electron chi connectivity index (χ0n) is 6.70. The molecular formula is C8H12O3. The predicted molar refractivity (Wildman–Crippen MR) is 41.0 cm³/mol. The van der Waals surface area contributed by atoms with E-state index in [1.165, 1.54) is 6.08 Å². The van der Waals surface area contributed by atoms with Crippen molar-refractivity contribution < 1.29 is 14.6 Å². The first kappa shape index (κ1) is 9.95. The van der Waals surface area contributed by atoms with Gasteiger partial charge in [0.15, 0.2) is 6.10 Å². The summed E-state index contributed by atoms with van der Waals surface area (Å²) < 4.78 is 4.53. The fraction of sp³-hybridized carbons (Fsp3) is 0.500. The molecule has 3 nitrogen and oxygen atoms in total. The Morgan fingerprint density at radius 1 is 1.82 bits per heavy atom. The Labute approximate surface area is 66.0 Å². The lowest BCUT2D eigenvalue weighted by atomic mass is 10.3. The molecule has 1 unspecified atom stereocenters. The molecule has 1 atom stereocenters. The van der Waals surface area contributed by atoms with Crippen molar-refractivity contribution in [3.8, 4) is 0 Å². The lowest BCUT2D eigenvalue weighted by Gasteiger charge is -2.02. The van der Waals surface area contributed by atoms with Crippen LogP contribution in [0.1, 0.15) is 13.8 Å². The number of hydrogen-bond donors (Lipinski definition) is 1. The largest absolute Gasteiger partial charge is 0.464 e. The van der Waals surface area contributed by atoms with Crippen LogP contribution in [0, 0.1) is 0 Å². The van der Waals surface area contributed by atoms with Crippen LogP contribution in [-0.2, 0) is 9.53 Å².